The van der Waals surface area contributed by atoms with E-state index in [0.717, 1.165) is 25.3 Å². The van der Waals surface area contributed by atoms with Crippen LogP contribution < -0.4 is 0 Å². The molecule has 15 heteroatoms. The van der Waals surface area contributed by atoms with Crippen LogP contribution in [0.15, 0.2) is 60.2 Å². The number of esters is 4. The number of ether oxygens (including phenoxy) is 8. The topological polar surface area (TPSA) is 200 Å². The first kappa shape index (κ1) is 47.4. The highest BCUT2D eigenvalue weighted by molar-refractivity contribution is 5.88. The molecule has 2 saturated heterocycles. The number of cyclic esters (lactones) is 1. The smallest absolute Gasteiger partial charge is 0.333 e. The lowest BCUT2D eigenvalue weighted by Crippen LogP contribution is -2.65. The van der Waals surface area contributed by atoms with Crippen molar-refractivity contribution in [1.82, 2.24) is 0 Å². The second kappa shape index (κ2) is 24.1. The summed E-state index contributed by atoms with van der Waals surface area (Å²) < 4.78 is 47.9. The van der Waals surface area contributed by atoms with Gasteiger partial charge < -0.3 is 48.1 Å². The number of carbonyl (C=O) groups excluding carboxylic acids is 5. The van der Waals surface area contributed by atoms with E-state index in [1.165, 1.54) is 26.0 Å². The summed E-state index contributed by atoms with van der Waals surface area (Å²) in [6, 6.07) is 8.91. The largest absolute Gasteiger partial charge is 0.463 e. The lowest BCUT2D eigenvalue weighted by molar-refractivity contribution is -0.369. The molecule has 1 aromatic carbocycles. The summed E-state index contributed by atoms with van der Waals surface area (Å²) in [7, 11) is 0. The molecule has 2 fully saturated rings. The van der Waals surface area contributed by atoms with E-state index < -0.39 is 98.0 Å². The third kappa shape index (κ3) is 14.8. The Morgan fingerprint density at radius 2 is 1.61 bits per heavy atom. The van der Waals surface area contributed by atoms with Gasteiger partial charge in [-0.05, 0) is 58.1 Å². The Morgan fingerprint density at radius 3 is 2.32 bits per heavy atom. The van der Waals surface area contributed by atoms with Crippen molar-refractivity contribution < 1.29 is 72.1 Å². The maximum absolute atomic E-state index is 13.3. The molecule has 0 aliphatic carbocycles. The van der Waals surface area contributed by atoms with Crippen LogP contribution in [-0.2, 0) is 61.9 Å². The summed E-state index contributed by atoms with van der Waals surface area (Å²) >= 11 is 0. The van der Waals surface area contributed by atoms with Gasteiger partial charge in [-0.25, -0.2) is 9.59 Å². The van der Waals surface area contributed by atoms with Gasteiger partial charge in [0.1, 0.15) is 36.8 Å². The van der Waals surface area contributed by atoms with E-state index in [4.69, 9.17) is 37.9 Å². The van der Waals surface area contributed by atoms with Crippen LogP contribution in [0.3, 0.4) is 0 Å². The standard InChI is InChI=1S/C44H60O15/c1-6-8-12-20-32-21-16-10-9-15-19-31(46)23-25-34(47)52-26-33-39(57-35(48)24-22-30-17-13-11-14-18-30)40(58-42(51)27(3)7-2)37(50)43(56-33)59-41-36(49)38(54-29(5)45)28(4)53-44(41)55-32/h7,10-11,13-14,16-18,22,24,28,32-33,36-41,43-44,49-50H,6,8-9,12,15,19-21,23,25-26H2,1-5H3/b16-10?,24-22+,27-7+/t28-,32+,33-,36+,37-,38+,39-,40-,41-,43+,44+/m1/s1. The van der Waals surface area contributed by atoms with Crippen molar-refractivity contribution in [2.24, 2.45) is 0 Å². The van der Waals surface area contributed by atoms with E-state index in [0.29, 0.717) is 31.2 Å². The first-order valence-corrected chi connectivity index (χ1v) is 20.6. The molecule has 1 aromatic rings. The number of rotatable bonds is 10. The van der Waals surface area contributed by atoms with Crippen molar-refractivity contribution in [3.63, 3.8) is 0 Å². The average molecular weight is 829 g/mol. The Balaban J connectivity index is 1.76. The second-order valence-corrected chi connectivity index (χ2v) is 15.0. The fourth-order valence-electron chi connectivity index (χ4n) is 6.86. The van der Waals surface area contributed by atoms with Crippen LogP contribution >= 0.6 is 0 Å². The summed E-state index contributed by atoms with van der Waals surface area (Å²) in [5.74, 6) is -3.30. The summed E-state index contributed by atoms with van der Waals surface area (Å²) in [5, 5.41) is 23.7. The maximum Gasteiger partial charge on any atom is 0.333 e. The van der Waals surface area contributed by atoms with Crippen molar-refractivity contribution in [2.75, 3.05) is 6.61 Å². The lowest BCUT2D eigenvalue weighted by atomic mass is 9.96. The Labute approximate surface area is 346 Å². The monoisotopic (exact) mass is 828 g/mol. The van der Waals surface area contributed by atoms with Crippen LogP contribution in [0.1, 0.15) is 104 Å². The van der Waals surface area contributed by atoms with Crippen LogP contribution in [0.4, 0.5) is 0 Å². The number of benzene rings is 1. The number of allylic oxidation sites excluding steroid dienone is 2. The van der Waals surface area contributed by atoms with Gasteiger partial charge in [-0.3, -0.25) is 14.4 Å². The van der Waals surface area contributed by atoms with E-state index in [1.54, 1.807) is 38.1 Å². The third-order valence-electron chi connectivity index (χ3n) is 10.3. The molecule has 0 radical (unpaired) electrons. The van der Waals surface area contributed by atoms with Gasteiger partial charge in [0, 0.05) is 31.4 Å². The van der Waals surface area contributed by atoms with Gasteiger partial charge in [0.05, 0.1) is 18.6 Å². The minimum Gasteiger partial charge on any atom is -0.463 e. The van der Waals surface area contributed by atoms with Crippen molar-refractivity contribution in [1.29, 1.82) is 0 Å². The Morgan fingerprint density at radius 1 is 0.847 bits per heavy atom. The maximum atomic E-state index is 13.3. The molecule has 0 spiro atoms. The minimum atomic E-state index is -1.88. The van der Waals surface area contributed by atoms with Crippen LogP contribution in [0, 0.1) is 0 Å². The van der Waals surface area contributed by atoms with Crippen LogP contribution in [0.5, 0.6) is 0 Å². The Kier molecular flexibility index (Phi) is 19.4. The molecule has 15 nitrogen and oxygen atoms in total. The molecule has 3 aliphatic heterocycles. The number of unbranched alkanes of at least 4 members (excludes halogenated alkanes) is 2. The number of carbonyl (C=O) groups is 5. The fraction of sp³-hybridized carbons (Fsp3) is 0.614. The highest BCUT2D eigenvalue weighted by Gasteiger charge is 2.55. The molecule has 3 aliphatic rings. The van der Waals surface area contributed by atoms with Crippen molar-refractivity contribution in [3.8, 4) is 0 Å². The van der Waals surface area contributed by atoms with Crippen LogP contribution in [-0.4, -0.2) is 114 Å². The molecule has 0 saturated carbocycles. The predicted octanol–water partition coefficient (Wildman–Crippen LogP) is 4.99. The van der Waals surface area contributed by atoms with E-state index in [9.17, 15) is 34.2 Å². The van der Waals surface area contributed by atoms with E-state index in [2.05, 4.69) is 6.92 Å². The fourth-order valence-corrected chi connectivity index (χ4v) is 6.86. The lowest BCUT2D eigenvalue weighted by Gasteiger charge is -2.47. The van der Waals surface area contributed by atoms with E-state index >= 15 is 0 Å². The van der Waals surface area contributed by atoms with E-state index in [-0.39, 0.29) is 30.6 Å². The summed E-state index contributed by atoms with van der Waals surface area (Å²) in [6.45, 7) is 7.40. The Hall–Kier alpha value is -4.25. The molecular formula is C44H60O15. The second-order valence-electron chi connectivity index (χ2n) is 15.0. The molecule has 326 valence electrons. The molecule has 11 atom stereocenters. The zero-order chi connectivity index (χ0) is 42.9. The van der Waals surface area contributed by atoms with Gasteiger partial charge in [0.2, 0.25) is 0 Å². The van der Waals surface area contributed by atoms with Crippen molar-refractivity contribution in [3.05, 3.63) is 65.8 Å². The van der Waals surface area contributed by atoms with Crippen LogP contribution in [0.2, 0.25) is 0 Å². The SMILES string of the molecule is C/C=C(\C)C(=O)O[C@@H]1[C@@H](O)[C@@H]2O[C@H]3[C@H](O[C@@H](CCCCC)CC=CCCCC(=O)CCC(=O)OC[C@@H](O2)[C@H]1OC(=O)/C=C/c1ccccc1)O[C@H](C)[C@H](OC(C)=O)[C@@H]3O. The van der Waals surface area contributed by atoms with Gasteiger partial charge in [-0.1, -0.05) is 74.7 Å². The first-order valence-electron chi connectivity index (χ1n) is 20.6. The number of hydrogen-bond donors (Lipinski definition) is 2. The van der Waals surface area contributed by atoms with Gasteiger partial charge in [-0.2, -0.15) is 0 Å². The Bertz CT molecular complexity index is 1620. The van der Waals surface area contributed by atoms with Crippen LogP contribution in [0.25, 0.3) is 6.08 Å². The normalized spacial score (nSPS) is 31.7. The summed E-state index contributed by atoms with van der Waals surface area (Å²) in [5.41, 5.74) is 0.854. The predicted molar refractivity (Wildman–Crippen MR) is 212 cm³/mol. The zero-order valence-corrected chi connectivity index (χ0v) is 34.6. The molecule has 2 N–H and O–H groups in total. The number of fused-ring (bicyclic) bond motifs is 3. The molecule has 4 rings (SSSR count). The molecule has 3 heterocycles. The van der Waals surface area contributed by atoms with Gasteiger partial charge in [0.25, 0.3) is 0 Å². The highest BCUT2D eigenvalue weighted by atomic mass is 16.8. The molecule has 0 unspecified atom stereocenters. The number of ketones is 1. The van der Waals surface area contributed by atoms with E-state index in [1.807, 2.05) is 18.2 Å². The number of hydrogen-bond acceptors (Lipinski definition) is 15. The first-order chi connectivity index (χ1) is 28.3. The molecule has 0 aromatic heterocycles. The summed E-state index contributed by atoms with van der Waals surface area (Å²) in [4.78, 5) is 64.4. The molecule has 0 amide bonds. The minimum absolute atomic E-state index is 0.0553. The zero-order valence-electron chi connectivity index (χ0n) is 34.6. The molecule has 2 bridgehead atoms. The number of aliphatic hydroxyl groups is 2. The quantitative estimate of drug-likeness (QED) is 0.105. The van der Waals surface area contributed by atoms with Gasteiger partial charge in [0.15, 0.2) is 30.9 Å². The van der Waals surface area contributed by atoms with Gasteiger partial charge in [-0.15, -0.1) is 0 Å². The summed E-state index contributed by atoms with van der Waals surface area (Å²) in [6.07, 6.45) is -2.07. The van der Waals surface area contributed by atoms with Crippen molar-refractivity contribution in [2.45, 2.75) is 166 Å². The number of aliphatic hydroxyl groups excluding tert-OH is 2. The molecule has 59 heavy (non-hydrogen) atoms. The highest BCUT2D eigenvalue weighted by Crippen LogP contribution is 2.34. The van der Waals surface area contributed by atoms with Crippen molar-refractivity contribution >= 4 is 35.7 Å². The van der Waals surface area contributed by atoms with Gasteiger partial charge >= 0.3 is 23.9 Å². The average Bonchev–Trinajstić information content (AvgIpc) is 3.21. The number of Topliss-reactive ketones (excluding diaryl/α,β-unsaturated/α-hetero) is 1. The molecular weight excluding hydrogens is 768 g/mol. The third-order valence-corrected chi connectivity index (χ3v) is 10.3.